The van der Waals surface area contributed by atoms with Crippen LogP contribution in [0.1, 0.15) is 18.6 Å². The van der Waals surface area contributed by atoms with Crippen molar-refractivity contribution >= 4 is 0 Å². The van der Waals surface area contributed by atoms with Crippen molar-refractivity contribution in [2.45, 2.75) is 19.4 Å². The van der Waals surface area contributed by atoms with Crippen molar-refractivity contribution in [3.05, 3.63) is 23.8 Å². The van der Waals surface area contributed by atoms with Crippen LogP contribution in [-0.4, -0.2) is 31.8 Å². The normalized spacial score (nSPS) is 13.2. The summed E-state index contributed by atoms with van der Waals surface area (Å²) in [6, 6.07) is 4.69. The first-order valence-electron chi connectivity index (χ1n) is 5.53. The van der Waals surface area contributed by atoms with E-state index in [1.165, 1.54) is 13.2 Å². The molecule has 0 unspecified atom stereocenters. The highest BCUT2D eigenvalue weighted by atomic mass is 19.4. The van der Waals surface area contributed by atoms with Gasteiger partial charge in [0.25, 0.3) is 0 Å². The molecule has 4 nitrogen and oxygen atoms in total. The Morgan fingerprint density at radius 2 is 1.89 bits per heavy atom. The maximum atomic E-state index is 11.7. The Morgan fingerprint density at radius 3 is 2.42 bits per heavy atom. The van der Waals surface area contributed by atoms with Crippen molar-refractivity contribution in [1.29, 1.82) is 0 Å². The molecule has 0 fully saturated rings. The predicted octanol–water partition coefficient (Wildman–Crippen LogP) is 2.66. The van der Waals surface area contributed by atoms with Gasteiger partial charge in [0.15, 0.2) is 11.5 Å². The van der Waals surface area contributed by atoms with Gasteiger partial charge in [-0.25, -0.2) is 0 Å². The van der Waals surface area contributed by atoms with Gasteiger partial charge in [-0.1, -0.05) is 6.07 Å². The van der Waals surface area contributed by atoms with Crippen LogP contribution in [0.25, 0.3) is 0 Å². The molecule has 1 aromatic carbocycles. The number of benzene rings is 1. The van der Waals surface area contributed by atoms with Crippen LogP contribution in [0.3, 0.4) is 0 Å². The standard InChI is InChI=1S/C12H15F3O4/c1-8(16)9-3-4-10(11(7-9)17-2)18-5-6-19-12(13,14)15/h3-4,7-8,16H,5-6H2,1-2H3/t8-/m1/s1. The SMILES string of the molecule is COc1cc([C@@H](C)O)ccc1OCCOC(F)(F)F. The van der Waals surface area contributed by atoms with Crippen LogP contribution in [0.2, 0.25) is 0 Å². The lowest BCUT2D eigenvalue weighted by atomic mass is 10.1. The van der Waals surface area contributed by atoms with E-state index in [9.17, 15) is 18.3 Å². The number of alkyl halides is 3. The first-order chi connectivity index (χ1) is 8.83. The monoisotopic (exact) mass is 280 g/mol. The second kappa shape index (κ2) is 6.63. The third-order valence-electron chi connectivity index (χ3n) is 2.28. The molecule has 0 saturated heterocycles. The molecular weight excluding hydrogens is 265 g/mol. The number of methoxy groups -OCH3 is 1. The smallest absolute Gasteiger partial charge is 0.493 e. The van der Waals surface area contributed by atoms with Gasteiger partial charge in [0.1, 0.15) is 6.61 Å². The minimum absolute atomic E-state index is 0.260. The van der Waals surface area contributed by atoms with E-state index in [1.807, 2.05) is 0 Å². The molecular formula is C12H15F3O4. The Balaban J connectivity index is 2.58. The third kappa shape index (κ3) is 5.35. The summed E-state index contributed by atoms with van der Waals surface area (Å²) in [7, 11) is 1.40. The highest BCUT2D eigenvalue weighted by Gasteiger charge is 2.28. The van der Waals surface area contributed by atoms with E-state index in [0.717, 1.165) is 0 Å². The molecule has 7 heteroatoms. The molecule has 108 valence electrons. The summed E-state index contributed by atoms with van der Waals surface area (Å²) in [4.78, 5) is 0. The number of aliphatic hydroxyl groups excluding tert-OH is 1. The van der Waals surface area contributed by atoms with Crippen LogP contribution >= 0.6 is 0 Å². The fourth-order valence-electron chi connectivity index (χ4n) is 1.37. The Labute approximate surface area is 108 Å². The van der Waals surface area contributed by atoms with Crippen molar-refractivity contribution in [2.75, 3.05) is 20.3 Å². The van der Waals surface area contributed by atoms with Gasteiger partial charge in [-0.2, -0.15) is 0 Å². The van der Waals surface area contributed by atoms with E-state index < -0.39 is 19.1 Å². The summed E-state index contributed by atoms with van der Waals surface area (Å²) in [6.07, 6.45) is -5.33. The summed E-state index contributed by atoms with van der Waals surface area (Å²) >= 11 is 0. The molecule has 1 aromatic rings. The Bertz CT molecular complexity index is 404. The lowest BCUT2D eigenvalue weighted by Gasteiger charge is -2.13. The lowest BCUT2D eigenvalue weighted by Crippen LogP contribution is -2.18. The third-order valence-corrected chi connectivity index (χ3v) is 2.28. The molecule has 0 saturated carbocycles. The van der Waals surface area contributed by atoms with E-state index in [0.29, 0.717) is 11.3 Å². The second-order valence-electron chi connectivity index (χ2n) is 3.73. The predicted molar refractivity (Wildman–Crippen MR) is 61.1 cm³/mol. The van der Waals surface area contributed by atoms with Crippen molar-refractivity contribution in [3.63, 3.8) is 0 Å². The van der Waals surface area contributed by atoms with Gasteiger partial charge in [0, 0.05) is 0 Å². The summed E-state index contributed by atoms with van der Waals surface area (Å²) in [6.45, 7) is 0.723. The Kier molecular flexibility index (Phi) is 5.44. The molecule has 0 radical (unpaired) electrons. The highest BCUT2D eigenvalue weighted by Crippen LogP contribution is 2.30. The van der Waals surface area contributed by atoms with E-state index in [2.05, 4.69) is 4.74 Å². The van der Waals surface area contributed by atoms with Gasteiger partial charge in [0.2, 0.25) is 0 Å². The van der Waals surface area contributed by atoms with Gasteiger partial charge in [-0.3, -0.25) is 4.74 Å². The largest absolute Gasteiger partial charge is 0.522 e. The number of hydrogen-bond acceptors (Lipinski definition) is 4. The van der Waals surface area contributed by atoms with Gasteiger partial charge in [-0.05, 0) is 24.6 Å². The van der Waals surface area contributed by atoms with Crippen molar-refractivity contribution < 1.29 is 32.5 Å². The molecule has 0 amide bonds. The van der Waals surface area contributed by atoms with Gasteiger partial charge in [-0.15, -0.1) is 13.2 Å². The summed E-state index contributed by atoms with van der Waals surface area (Å²) in [5.74, 6) is 0.628. The molecule has 0 aromatic heterocycles. The zero-order valence-electron chi connectivity index (χ0n) is 10.5. The van der Waals surface area contributed by atoms with Crippen LogP contribution in [0.5, 0.6) is 11.5 Å². The van der Waals surface area contributed by atoms with Crippen molar-refractivity contribution in [1.82, 2.24) is 0 Å². The molecule has 1 rings (SSSR count). The van der Waals surface area contributed by atoms with E-state index in [1.54, 1.807) is 19.1 Å². The molecule has 0 aliphatic heterocycles. The molecule has 0 heterocycles. The quantitative estimate of drug-likeness (QED) is 0.814. The average Bonchev–Trinajstić information content (AvgIpc) is 2.33. The van der Waals surface area contributed by atoms with Gasteiger partial charge in [0.05, 0.1) is 19.8 Å². The maximum Gasteiger partial charge on any atom is 0.522 e. The molecule has 1 atom stereocenters. The zero-order valence-corrected chi connectivity index (χ0v) is 10.5. The summed E-state index contributed by atoms with van der Waals surface area (Å²) in [5, 5.41) is 9.40. The molecule has 0 spiro atoms. The number of aliphatic hydroxyl groups is 1. The lowest BCUT2D eigenvalue weighted by molar-refractivity contribution is -0.325. The number of halogens is 3. The molecule has 1 N–H and O–H groups in total. The molecule has 0 bridgehead atoms. The van der Waals surface area contributed by atoms with Crippen LogP contribution in [0.15, 0.2) is 18.2 Å². The Morgan fingerprint density at radius 1 is 1.21 bits per heavy atom. The van der Waals surface area contributed by atoms with E-state index in [4.69, 9.17) is 9.47 Å². The minimum atomic E-state index is -4.66. The number of ether oxygens (including phenoxy) is 3. The summed E-state index contributed by atoms with van der Waals surface area (Å²) in [5.41, 5.74) is 0.621. The van der Waals surface area contributed by atoms with Gasteiger partial charge < -0.3 is 14.6 Å². The minimum Gasteiger partial charge on any atom is -0.493 e. The topological polar surface area (TPSA) is 47.9 Å². The number of rotatable bonds is 6. The van der Waals surface area contributed by atoms with Crippen LogP contribution in [-0.2, 0) is 4.74 Å². The summed E-state index contributed by atoms with van der Waals surface area (Å²) < 4.78 is 49.0. The van der Waals surface area contributed by atoms with Gasteiger partial charge >= 0.3 is 6.36 Å². The van der Waals surface area contributed by atoms with Crippen LogP contribution in [0.4, 0.5) is 13.2 Å². The Hall–Kier alpha value is -1.47. The molecule has 0 aliphatic carbocycles. The molecule has 19 heavy (non-hydrogen) atoms. The fourth-order valence-corrected chi connectivity index (χ4v) is 1.37. The first kappa shape index (κ1) is 15.6. The zero-order chi connectivity index (χ0) is 14.5. The first-order valence-corrected chi connectivity index (χ1v) is 5.53. The van der Waals surface area contributed by atoms with Crippen LogP contribution < -0.4 is 9.47 Å². The second-order valence-corrected chi connectivity index (χ2v) is 3.73. The molecule has 0 aliphatic rings. The van der Waals surface area contributed by atoms with E-state index >= 15 is 0 Å². The van der Waals surface area contributed by atoms with Crippen molar-refractivity contribution in [3.8, 4) is 11.5 Å². The van der Waals surface area contributed by atoms with Crippen molar-refractivity contribution in [2.24, 2.45) is 0 Å². The van der Waals surface area contributed by atoms with E-state index in [-0.39, 0.29) is 12.4 Å². The fraction of sp³-hybridized carbons (Fsp3) is 0.500. The maximum absolute atomic E-state index is 11.7. The highest BCUT2D eigenvalue weighted by molar-refractivity contribution is 5.43. The van der Waals surface area contributed by atoms with Crippen LogP contribution in [0, 0.1) is 0 Å². The average molecular weight is 280 g/mol. The number of hydrogen-bond donors (Lipinski definition) is 1.